The first kappa shape index (κ1) is 23.7. The first-order chi connectivity index (χ1) is 15.9. The quantitative estimate of drug-likeness (QED) is 0.485. The number of Topliss-reactive ketones (excluding diaryl/α,β-unsaturated/α-hetero) is 1. The maximum absolute atomic E-state index is 13.3. The lowest BCUT2D eigenvalue weighted by Crippen LogP contribution is -2.28. The Morgan fingerprint density at radius 1 is 0.909 bits per heavy atom. The number of nitrogens with one attached hydrogen (secondary N) is 2. The summed E-state index contributed by atoms with van der Waals surface area (Å²) in [7, 11) is 0. The molecule has 7 heteroatoms. The maximum Gasteiger partial charge on any atom is 0.258 e. The van der Waals surface area contributed by atoms with Crippen molar-refractivity contribution in [3.8, 4) is 5.75 Å². The zero-order valence-electron chi connectivity index (χ0n) is 18.3. The van der Waals surface area contributed by atoms with Gasteiger partial charge in [0.25, 0.3) is 11.8 Å². The van der Waals surface area contributed by atoms with Gasteiger partial charge in [0.15, 0.2) is 6.61 Å². The summed E-state index contributed by atoms with van der Waals surface area (Å²) in [5.41, 5.74) is 2.58. The third-order valence-corrected chi connectivity index (χ3v) is 4.82. The van der Waals surface area contributed by atoms with E-state index in [4.69, 9.17) is 4.74 Å². The number of hydrogen-bond donors (Lipinski definition) is 2. The number of ketones is 1. The van der Waals surface area contributed by atoms with E-state index < -0.39 is 11.7 Å². The fourth-order valence-electron chi connectivity index (χ4n) is 3.07. The van der Waals surface area contributed by atoms with Crippen LogP contribution in [-0.4, -0.2) is 24.2 Å². The fraction of sp³-hybridized carbons (Fsp3) is 0.192. The van der Waals surface area contributed by atoms with Gasteiger partial charge in [-0.05, 0) is 66.9 Å². The Hall–Kier alpha value is -4.00. The lowest BCUT2D eigenvalue weighted by atomic mass is 10.1. The molecule has 0 aliphatic rings. The lowest BCUT2D eigenvalue weighted by Gasteiger charge is -2.10. The number of anilines is 1. The Balaban J connectivity index is 1.45. The van der Waals surface area contributed by atoms with Gasteiger partial charge in [0.1, 0.15) is 17.3 Å². The van der Waals surface area contributed by atoms with Crippen molar-refractivity contribution in [2.75, 3.05) is 11.9 Å². The van der Waals surface area contributed by atoms with Crippen molar-refractivity contribution in [2.24, 2.45) is 0 Å². The third kappa shape index (κ3) is 7.88. The van der Waals surface area contributed by atoms with Gasteiger partial charge in [-0.15, -0.1) is 0 Å². The Bertz CT molecular complexity index is 1130. The molecule has 0 atom stereocenters. The number of carbonyl (C=O) groups excluding carboxylic acids is 3. The molecule has 6 nitrogen and oxygen atoms in total. The van der Waals surface area contributed by atoms with E-state index in [-0.39, 0.29) is 30.4 Å². The van der Waals surface area contributed by atoms with Gasteiger partial charge in [0, 0.05) is 24.2 Å². The van der Waals surface area contributed by atoms with Crippen molar-refractivity contribution in [1.29, 1.82) is 0 Å². The molecule has 0 aliphatic carbocycles. The van der Waals surface area contributed by atoms with Crippen LogP contribution in [0.2, 0.25) is 0 Å². The van der Waals surface area contributed by atoms with Crippen LogP contribution in [0.3, 0.4) is 0 Å². The predicted molar refractivity (Wildman–Crippen MR) is 124 cm³/mol. The van der Waals surface area contributed by atoms with E-state index in [2.05, 4.69) is 10.6 Å². The standard InChI is InChI=1S/C26H25FN2O4/c1-18(30)8-9-19-10-12-24(13-11-19)33-17-25(31)28-16-20-4-2-7-23(14-20)29-26(32)21-5-3-6-22(27)15-21/h2-7,10-15H,8-9,16-17H2,1H3,(H,28,31)(H,29,32). The van der Waals surface area contributed by atoms with Gasteiger partial charge in [-0.2, -0.15) is 0 Å². The van der Waals surface area contributed by atoms with E-state index in [9.17, 15) is 18.8 Å². The topological polar surface area (TPSA) is 84.5 Å². The lowest BCUT2D eigenvalue weighted by molar-refractivity contribution is -0.123. The normalized spacial score (nSPS) is 10.4. The highest BCUT2D eigenvalue weighted by molar-refractivity contribution is 6.04. The first-order valence-corrected chi connectivity index (χ1v) is 10.5. The van der Waals surface area contributed by atoms with E-state index in [0.29, 0.717) is 24.3 Å². The van der Waals surface area contributed by atoms with E-state index in [1.165, 1.54) is 24.3 Å². The van der Waals surface area contributed by atoms with Gasteiger partial charge in [-0.3, -0.25) is 9.59 Å². The van der Waals surface area contributed by atoms with Crippen molar-refractivity contribution in [2.45, 2.75) is 26.3 Å². The predicted octanol–water partition coefficient (Wildman–Crippen LogP) is 4.29. The summed E-state index contributed by atoms with van der Waals surface area (Å²) in [6.45, 7) is 1.69. The molecular formula is C26H25FN2O4. The number of rotatable bonds is 10. The minimum absolute atomic E-state index is 0.136. The van der Waals surface area contributed by atoms with Crippen molar-refractivity contribution >= 4 is 23.3 Å². The summed E-state index contributed by atoms with van der Waals surface area (Å²) in [6.07, 6.45) is 1.18. The SMILES string of the molecule is CC(=O)CCc1ccc(OCC(=O)NCc2cccc(NC(=O)c3cccc(F)c3)c2)cc1. The fourth-order valence-corrected chi connectivity index (χ4v) is 3.07. The average molecular weight is 448 g/mol. The molecule has 0 unspecified atom stereocenters. The summed E-state index contributed by atoms with van der Waals surface area (Å²) in [4.78, 5) is 35.5. The molecule has 3 rings (SSSR count). The van der Waals surface area contributed by atoms with Crippen molar-refractivity contribution < 1.29 is 23.5 Å². The minimum atomic E-state index is -0.481. The van der Waals surface area contributed by atoms with Gasteiger partial charge >= 0.3 is 0 Å². The Labute approximate surface area is 191 Å². The molecule has 0 aromatic heterocycles. The highest BCUT2D eigenvalue weighted by atomic mass is 19.1. The largest absolute Gasteiger partial charge is 0.484 e. The van der Waals surface area contributed by atoms with Crippen LogP contribution in [0.25, 0.3) is 0 Å². The van der Waals surface area contributed by atoms with Crippen LogP contribution < -0.4 is 15.4 Å². The van der Waals surface area contributed by atoms with E-state index in [0.717, 1.165) is 11.1 Å². The number of halogens is 1. The third-order valence-electron chi connectivity index (χ3n) is 4.82. The van der Waals surface area contributed by atoms with Crippen LogP contribution in [0, 0.1) is 5.82 Å². The smallest absolute Gasteiger partial charge is 0.258 e. The number of ether oxygens (including phenoxy) is 1. The first-order valence-electron chi connectivity index (χ1n) is 10.5. The van der Waals surface area contributed by atoms with Gasteiger partial charge in [0.05, 0.1) is 0 Å². The van der Waals surface area contributed by atoms with Crippen LogP contribution in [-0.2, 0) is 22.6 Å². The molecule has 33 heavy (non-hydrogen) atoms. The molecule has 0 heterocycles. The van der Waals surface area contributed by atoms with E-state index in [1.54, 1.807) is 37.3 Å². The Kier molecular flexibility index (Phi) is 8.30. The van der Waals surface area contributed by atoms with Gasteiger partial charge in [0.2, 0.25) is 0 Å². The zero-order chi connectivity index (χ0) is 23.6. The number of aryl methyl sites for hydroxylation is 1. The second-order valence-electron chi connectivity index (χ2n) is 7.58. The molecule has 2 amide bonds. The highest BCUT2D eigenvalue weighted by Gasteiger charge is 2.08. The number of benzene rings is 3. The van der Waals surface area contributed by atoms with Crippen molar-refractivity contribution in [3.05, 3.63) is 95.3 Å². The van der Waals surface area contributed by atoms with Crippen LogP contribution in [0.5, 0.6) is 5.75 Å². The monoisotopic (exact) mass is 448 g/mol. The van der Waals surface area contributed by atoms with Gasteiger partial charge in [-0.1, -0.05) is 30.3 Å². The van der Waals surface area contributed by atoms with Crippen molar-refractivity contribution in [1.82, 2.24) is 5.32 Å². The Morgan fingerprint density at radius 3 is 2.39 bits per heavy atom. The minimum Gasteiger partial charge on any atom is -0.484 e. The molecule has 3 aromatic rings. The summed E-state index contributed by atoms with van der Waals surface area (Å²) >= 11 is 0. The van der Waals surface area contributed by atoms with Gasteiger partial charge in [-0.25, -0.2) is 4.39 Å². The molecule has 0 saturated carbocycles. The molecule has 3 aromatic carbocycles. The number of amides is 2. The van der Waals surface area contributed by atoms with Crippen LogP contribution in [0.1, 0.15) is 34.8 Å². The molecule has 2 N–H and O–H groups in total. The summed E-state index contributed by atoms with van der Waals surface area (Å²) < 4.78 is 18.8. The van der Waals surface area contributed by atoms with E-state index >= 15 is 0 Å². The van der Waals surface area contributed by atoms with Crippen molar-refractivity contribution in [3.63, 3.8) is 0 Å². The molecule has 0 fully saturated rings. The molecular weight excluding hydrogens is 423 g/mol. The maximum atomic E-state index is 13.3. The van der Waals surface area contributed by atoms with Crippen LogP contribution >= 0.6 is 0 Å². The molecule has 170 valence electrons. The van der Waals surface area contributed by atoms with Crippen LogP contribution in [0.15, 0.2) is 72.8 Å². The zero-order valence-corrected chi connectivity index (χ0v) is 18.3. The van der Waals surface area contributed by atoms with Gasteiger partial charge < -0.3 is 20.2 Å². The molecule has 0 saturated heterocycles. The second-order valence-corrected chi connectivity index (χ2v) is 7.58. The molecule has 0 bridgehead atoms. The number of hydrogen-bond acceptors (Lipinski definition) is 4. The highest BCUT2D eigenvalue weighted by Crippen LogP contribution is 2.15. The Morgan fingerprint density at radius 2 is 1.67 bits per heavy atom. The summed E-state index contributed by atoms with van der Waals surface area (Å²) in [5, 5.41) is 5.49. The van der Waals surface area contributed by atoms with E-state index in [1.807, 2.05) is 18.2 Å². The molecule has 0 aliphatic heterocycles. The molecule has 0 radical (unpaired) electrons. The average Bonchev–Trinajstić information content (AvgIpc) is 2.81. The molecule has 0 spiro atoms. The second kappa shape index (κ2) is 11.6. The number of carbonyl (C=O) groups is 3. The summed E-state index contributed by atoms with van der Waals surface area (Å²) in [6, 6.07) is 19.8. The summed E-state index contributed by atoms with van der Waals surface area (Å²) in [5.74, 6) is -0.475. The van der Waals surface area contributed by atoms with Crippen LogP contribution in [0.4, 0.5) is 10.1 Å².